The van der Waals surface area contributed by atoms with E-state index >= 15 is 0 Å². The Kier molecular flexibility index (Phi) is 15.4. The van der Waals surface area contributed by atoms with Gasteiger partial charge in [0, 0.05) is 43.6 Å². The van der Waals surface area contributed by atoms with Gasteiger partial charge in [-0.15, -0.1) is 0 Å². The first-order valence-electron chi connectivity index (χ1n) is 26.8. The van der Waals surface area contributed by atoms with Gasteiger partial charge in [-0.3, -0.25) is 9.59 Å². The van der Waals surface area contributed by atoms with Gasteiger partial charge in [-0.05, 0) is 102 Å². The molecule has 4 saturated heterocycles. The summed E-state index contributed by atoms with van der Waals surface area (Å²) in [4.78, 5) is 81.0. The molecular formula is C58H69N11O7. The number of imidazole rings is 2. The van der Waals surface area contributed by atoms with Crippen molar-refractivity contribution < 1.29 is 33.8 Å². The third kappa shape index (κ3) is 10.9. The SMILES string of the molecule is COC(=O)N[C@H](C(=O)N1CCC[C@H]1c1ncc(-c2ccc([C@H]3CC[C@H](c4ccc(-c5cnc([C@@H]6CCCN6C(=O)[C@@H](NC(=O)O)C(C)C)[nH]5)cc4)N3c3ccc(-c4ccc(N5CCOCC5)nc4)cc3)cc2)[nH]1)C(C)C. The molecule has 4 aliphatic heterocycles. The van der Waals surface area contributed by atoms with Gasteiger partial charge in [0.05, 0.1) is 68.3 Å². The van der Waals surface area contributed by atoms with Crippen molar-refractivity contribution in [1.29, 1.82) is 0 Å². The summed E-state index contributed by atoms with van der Waals surface area (Å²) >= 11 is 0. The van der Waals surface area contributed by atoms with Crippen molar-refractivity contribution >= 4 is 35.5 Å². The zero-order valence-corrected chi connectivity index (χ0v) is 43.9. The Balaban J connectivity index is 0.889. The Morgan fingerprint density at radius 1 is 0.592 bits per heavy atom. The number of methoxy groups -OCH3 is 1. The molecule has 76 heavy (non-hydrogen) atoms. The summed E-state index contributed by atoms with van der Waals surface area (Å²) in [5.41, 5.74) is 9.33. The van der Waals surface area contributed by atoms with Gasteiger partial charge in [0.25, 0.3) is 0 Å². The van der Waals surface area contributed by atoms with E-state index in [9.17, 15) is 24.3 Å². The number of hydrogen-bond acceptors (Lipinski definition) is 11. The number of amides is 4. The molecule has 0 spiro atoms. The predicted molar refractivity (Wildman–Crippen MR) is 289 cm³/mol. The zero-order chi connectivity index (χ0) is 53.0. The quantitative estimate of drug-likeness (QED) is 0.0651. The Hall–Kier alpha value is -7.73. The van der Waals surface area contributed by atoms with Gasteiger partial charge in [0.2, 0.25) is 11.8 Å². The number of carbonyl (C=O) groups is 4. The average molecular weight is 1030 g/mol. The Morgan fingerprint density at radius 2 is 1.08 bits per heavy atom. The number of hydrogen-bond donors (Lipinski definition) is 5. The molecule has 6 atom stereocenters. The molecule has 0 bridgehead atoms. The number of anilines is 2. The van der Waals surface area contributed by atoms with E-state index < -0.39 is 24.3 Å². The predicted octanol–water partition coefficient (Wildman–Crippen LogP) is 9.45. The van der Waals surface area contributed by atoms with Crippen molar-refractivity contribution in [2.75, 3.05) is 56.3 Å². The number of rotatable bonds is 15. The number of likely N-dealkylation sites (tertiary alicyclic amines) is 2. The van der Waals surface area contributed by atoms with E-state index in [0.717, 1.165) is 103 Å². The van der Waals surface area contributed by atoms with Gasteiger partial charge < -0.3 is 54.8 Å². The number of carboxylic acid groups (broad SMARTS) is 1. The summed E-state index contributed by atoms with van der Waals surface area (Å²) in [5.74, 6) is 1.67. The number of alkyl carbamates (subject to hydrolysis) is 1. The van der Waals surface area contributed by atoms with Crippen LogP contribution in [0.3, 0.4) is 0 Å². The minimum Gasteiger partial charge on any atom is -0.465 e. The number of aromatic amines is 2. The van der Waals surface area contributed by atoms with Crippen molar-refractivity contribution in [2.45, 2.75) is 102 Å². The maximum atomic E-state index is 13.8. The summed E-state index contributed by atoms with van der Waals surface area (Å²) in [6, 6.07) is 28.6. The van der Waals surface area contributed by atoms with E-state index in [0.29, 0.717) is 32.1 Å². The number of benzene rings is 3. The van der Waals surface area contributed by atoms with Crippen molar-refractivity contribution in [3.63, 3.8) is 0 Å². The molecule has 18 heteroatoms. The minimum absolute atomic E-state index is 0.0769. The molecule has 18 nitrogen and oxygen atoms in total. The van der Waals surface area contributed by atoms with Crippen molar-refractivity contribution in [3.8, 4) is 33.6 Å². The lowest BCUT2D eigenvalue weighted by atomic mass is 10.0. The number of nitrogens with zero attached hydrogens (tertiary/aromatic N) is 7. The first-order chi connectivity index (χ1) is 36.8. The van der Waals surface area contributed by atoms with Gasteiger partial charge in [0.1, 0.15) is 29.6 Å². The molecule has 3 aromatic heterocycles. The Morgan fingerprint density at radius 3 is 1.54 bits per heavy atom. The summed E-state index contributed by atoms with van der Waals surface area (Å²) in [6.07, 6.45) is 8.78. The largest absolute Gasteiger partial charge is 0.465 e. The van der Waals surface area contributed by atoms with Crippen LogP contribution in [-0.2, 0) is 19.1 Å². The standard InChI is InChI=1S/C58H69N11O7/c1-35(2)51(64-57(72)73)55(70)67-26-6-8-48(67)53-60-33-44(62-53)38-10-14-40(15-11-38)46-23-24-47(69(46)43-21-18-37(19-22-43)42-20-25-50(59-32-42)66-28-30-76-31-29-66)41-16-12-39(13-17-41)45-34-61-54(63-45)49-9-7-27-68(49)56(71)52(36(3)4)65-58(74)75-5/h10-22,25,32-36,46-49,51-52,64H,6-9,23-24,26-31H2,1-5H3,(H,60,62)(H,61,63)(H,65,74)(H,72,73)/t46-,47-,48+,49+,51+,52+/m1/s1. The molecule has 4 amide bonds. The maximum Gasteiger partial charge on any atom is 0.407 e. The Labute approximate surface area is 443 Å². The maximum absolute atomic E-state index is 13.8. The van der Waals surface area contributed by atoms with E-state index in [2.05, 4.69) is 115 Å². The van der Waals surface area contributed by atoms with Gasteiger partial charge in [0.15, 0.2) is 0 Å². The number of morpholine rings is 1. The van der Waals surface area contributed by atoms with Crippen LogP contribution in [0, 0.1) is 11.8 Å². The van der Waals surface area contributed by atoms with Gasteiger partial charge in [-0.2, -0.15) is 0 Å². The van der Waals surface area contributed by atoms with Crippen LogP contribution in [0.5, 0.6) is 0 Å². The minimum atomic E-state index is -1.21. The fraction of sp³-hybridized carbons (Fsp3) is 0.431. The highest BCUT2D eigenvalue weighted by molar-refractivity contribution is 5.87. The van der Waals surface area contributed by atoms with Crippen LogP contribution in [0.15, 0.2) is 104 Å². The molecule has 6 aromatic rings. The fourth-order valence-electron chi connectivity index (χ4n) is 11.6. The molecule has 7 heterocycles. The van der Waals surface area contributed by atoms with E-state index in [-0.39, 0.29) is 47.8 Å². The van der Waals surface area contributed by atoms with Crippen LogP contribution in [0.25, 0.3) is 33.6 Å². The summed E-state index contributed by atoms with van der Waals surface area (Å²) in [5, 5.41) is 14.6. The number of ether oxygens (including phenoxy) is 2. The molecule has 0 unspecified atom stereocenters. The van der Waals surface area contributed by atoms with Crippen molar-refractivity contribution in [3.05, 3.63) is 126 Å². The van der Waals surface area contributed by atoms with Gasteiger partial charge in [-0.25, -0.2) is 24.5 Å². The van der Waals surface area contributed by atoms with Crippen molar-refractivity contribution in [1.82, 2.24) is 45.4 Å². The molecule has 398 valence electrons. The molecule has 5 N–H and O–H groups in total. The number of H-pyrrole nitrogens is 2. The lowest BCUT2D eigenvalue weighted by Crippen LogP contribution is -2.51. The highest BCUT2D eigenvalue weighted by Crippen LogP contribution is 2.48. The highest BCUT2D eigenvalue weighted by Gasteiger charge is 2.40. The lowest BCUT2D eigenvalue weighted by molar-refractivity contribution is -0.136. The Bertz CT molecular complexity index is 2970. The molecule has 4 aliphatic rings. The van der Waals surface area contributed by atoms with Crippen LogP contribution in [0.4, 0.5) is 21.1 Å². The van der Waals surface area contributed by atoms with Crippen LogP contribution < -0.4 is 20.4 Å². The van der Waals surface area contributed by atoms with Crippen LogP contribution >= 0.6 is 0 Å². The third-order valence-electron chi connectivity index (χ3n) is 15.7. The van der Waals surface area contributed by atoms with Crippen LogP contribution in [-0.4, -0.2) is 122 Å². The first kappa shape index (κ1) is 51.7. The highest BCUT2D eigenvalue weighted by atomic mass is 16.5. The van der Waals surface area contributed by atoms with Crippen LogP contribution in [0.2, 0.25) is 0 Å². The van der Waals surface area contributed by atoms with E-state index in [1.807, 2.05) is 51.2 Å². The normalized spacial score (nSPS) is 20.6. The molecule has 0 aliphatic carbocycles. The number of carbonyl (C=O) groups excluding carboxylic acids is 3. The molecular weight excluding hydrogens is 963 g/mol. The monoisotopic (exact) mass is 1030 g/mol. The second kappa shape index (κ2) is 22.6. The van der Waals surface area contributed by atoms with E-state index in [1.165, 1.54) is 18.2 Å². The number of pyridine rings is 1. The van der Waals surface area contributed by atoms with E-state index in [1.54, 1.807) is 4.90 Å². The molecule has 0 saturated carbocycles. The topological polar surface area (TPSA) is 214 Å². The second-order valence-electron chi connectivity index (χ2n) is 21.1. The van der Waals surface area contributed by atoms with E-state index in [4.69, 9.17) is 24.4 Å². The molecule has 3 aromatic carbocycles. The fourth-order valence-corrected chi connectivity index (χ4v) is 11.6. The van der Waals surface area contributed by atoms with Crippen molar-refractivity contribution in [2.24, 2.45) is 11.8 Å². The molecule has 0 radical (unpaired) electrons. The smallest absolute Gasteiger partial charge is 0.407 e. The summed E-state index contributed by atoms with van der Waals surface area (Å²) in [6.45, 7) is 11.7. The van der Waals surface area contributed by atoms with Crippen LogP contribution in [0.1, 0.15) is 113 Å². The molecule has 10 rings (SSSR count). The summed E-state index contributed by atoms with van der Waals surface area (Å²) < 4.78 is 10.4. The second-order valence-corrected chi connectivity index (χ2v) is 21.1. The first-order valence-corrected chi connectivity index (χ1v) is 26.8. The zero-order valence-electron chi connectivity index (χ0n) is 43.9. The van der Waals surface area contributed by atoms with Gasteiger partial charge >= 0.3 is 12.2 Å². The lowest BCUT2D eigenvalue weighted by Gasteiger charge is -2.33. The summed E-state index contributed by atoms with van der Waals surface area (Å²) in [7, 11) is 1.30. The third-order valence-corrected chi connectivity index (χ3v) is 15.7. The average Bonchev–Trinajstić information content (AvgIpc) is 4.33. The van der Waals surface area contributed by atoms with Gasteiger partial charge in [-0.1, -0.05) is 88.4 Å². The molecule has 4 fully saturated rings. The number of nitrogens with one attached hydrogen (secondary N) is 4. The number of aromatic nitrogens is 5.